The lowest BCUT2D eigenvalue weighted by Crippen LogP contribution is -2.61. The monoisotopic (exact) mass is 1100 g/mol. The van der Waals surface area contributed by atoms with Crippen LogP contribution in [0.1, 0.15) is 69.4 Å². The lowest BCUT2D eigenvalue weighted by Gasteiger charge is -2.31. The van der Waals surface area contributed by atoms with Crippen LogP contribution >= 0.6 is 21.6 Å². The zero-order chi connectivity index (χ0) is 55.7. The van der Waals surface area contributed by atoms with Gasteiger partial charge in [0, 0.05) is 50.3 Å². The number of nitrogens with zero attached hydrogens (tertiary/aromatic N) is 2. The summed E-state index contributed by atoms with van der Waals surface area (Å²) in [4.78, 5) is 153. The van der Waals surface area contributed by atoms with Crippen molar-refractivity contribution >= 4 is 92.5 Å². The molecule has 0 radical (unpaired) electrons. The highest BCUT2D eigenvalue weighted by atomic mass is 33.1. The molecule has 0 aromatic heterocycles. The molecule has 26 nitrogen and oxygen atoms in total. The molecule has 4 rings (SSSR count). The minimum Gasteiger partial charge on any atom is -0.494 e. The summed E-state index contributed by atoms with van der Waals surface area (Å²) in [6, 6.07) is 5.66. The van der Waals surface area contributed by atoms with Crippen LogP contribution in [-0.4, -0.2) is 156 Å². The number of likely N-dealkylation sites (tertiary alicyclic amines) is 1. The molecular formula is C48H68N14O12S2. The molecule has 0 aliphatic carbocycles. The third-order valence-corrected chi connectivity index (χ3v) is 14.2. The maximum Gasteiger partial charge on any atom is 0.246 e. The molecule has 0 bridgehead atoms. The van der Waals surface area contributed by atoms with Gasteiger partial charge in [-0.3, -0.25) is 57.7 Å². The van der Waals surface area contributed by atoms with Crippen LogP contribution < -0.4 is 70.6 Å². The molecule has 2 aromatic carbocycles. The number of primary amides is 3. The van der Waals surface area contributed by atoms with E-state index in [0.29, 0.717) is 29.9 Å². The standard InChI is InChI=1S/C48H68N14O12S2/c1-2-74-29-14-12-28(13-15-29)23-32-43(69)59-33(22-27-8-4-3-5-9-27)44(70)57-31(16-17-37(49)63)42(68)60-34(24-38(50)64)45(71)61-35(26-76-75-21-18-40(66)56-32)47(73)62-20-7-11-36(62)46(72)58-30(10-6-19-54-48(52)53)41(67)55-25-39(51)65/h3-5,8-9,12-15,30-36H,2,6-7,10-11,16-26H2,1H3,(H2,49,63)(H2,50,64)(H2,51,65)(H,55,67)(H,56,66)(H,57,70)(H,58,72)(H,59,69)(H,60,68)(H,61,71)(H4,52,53,54)/t30-,31-,32-,33+,34+,35+,36-/m1/s1. The number of aliphatic imine (C=N–C) groups is 1. The van der Waals surface area contributed by atoms with Crippen LogP contribution in [0.5, 0.6) is 5.75 Å². The van der Waals surface area contributed by atoms with E-state index in [2.05, 4.69) is 42.2 Å². The van der Waals surface area contributed by atoms with Crippen molar-refractivity contribution in [2.75, 3.05) is 37.7 Å². The Morgan fingerprint density at radius 3 is 2.00 bits per heavy atom. The fourth-order valence-corrected chi connectivity index (χ4v) is 10.2. The van der Waals surface area contributed by atoms with Crippen LogP contribution in [0.3, 0.4) is 0 Å². The Balaban J connectivity index is 1.69. The van der Waals surface area contributed by atoms with Gasteiger partial charge in [0.05, 0.1) is 19.6 Å². The van der Waals surface area contributed by atoms with Gasteiger partial charge in [0.1, 0.15) is 48.0 Å². The lowest BCUT2D eigenvalue weighted by atomic mass is 10.0. The smallest absolute Gasteiger partial charge is 0.246 e. The van der Waals surface area contributed by atoms with Gasteiger partial charge >= 0.3 is 0 Å². The molecule has 2 fully saturated rings. The van der Waals surface area contributed by atoms with E-state index in [1.54, 1.807) is 54.6 Å². The zero-order valence-electron chi connectivity index (χ0n) is 42.0. The summed E-state index contributed by atoms with van der Waals surface area (Å²) < 4.78 is 5.56. The molecule has 2 aliphatic rings. The number of hydrogen-bond donors (Lipinski definition) is 12. The van der Waals surface area contributed by atoms with Crippen LogP contribution in [0, 0.1) is 0 Å². The summed E-state index contributed by atoms with van der Waals surface area (Å²) in [5.74, 6) is -8.95. The number of carbonyl (C=O) groups is 11. The topological polar surface area (TPSA) is 427 Å². The van der Waals surface area contributed by atoms with Crippen molar-refractivity contribution in [2.24, 2.45) is 33.7 Å². The molecule has 0 unspecified atom stereocenters. The normalized spacial score (nSPS) is 21.4. The molecule has 0 saturated carbocycles. The Bertz CT molecular complexity index is 2410. The van der Waals surface area contributed by atoms with Gasteiger partial charge in [-0.25, -0.2) is 0 Å². The van der Waals surface area contributed by atoms with E-state index in [9.17, 15) is 52.7 Å². The summed E-state index contributed by atoms with van der Waals surface area (Å²) in [7, 11) is 2.22. The number of ether oxygens (including phenoxy) is 1. The predicted molar refractivity (Wildman–Crippen MR) is 282 cm³/mol. The van der Waals surface area contributed by atoms with E-state index in [1.165, 1.54) is 4.90 Å². The third-order valence-electron chi connectivity index (χ3n) is 11.8. The fourth-order valence-electron chi connectivity index (χ4n) is 8.04. The number of benzene rings is 2. The first-order valence-corrected chi connectivity index (χ1v) is 27.0. The Hall–Kier alpha value is -7.62. The molecule has 2 saturated heterocycles. The first kappa shape index (κ1) is 60.9. The van der Waals surface area contributed by atoms with E-state index in [0.717, 1.165) is 21.6 Å². The number of carbonyl (C=O) groups excluding carboxylic acids is 11. The minimum atomic E-state index is -1.76. The van der Waals surface area contributed by atoms with Gasteiger partial charge in [-0.1, -0.05) is 64.1 Å². The molecule has 76 heavy (non-hydrogen) atoms. The third kappa shape index (κ3) is 20.9. The molecule has 2 heterocycles. The van der Waals surface area contributed by atoms with Crippen molar-refractivity contribution in [1.82, 2.24) is 42.1 Å². The SMILES string of the molecule is CCOc1ccc(C[C@H]2NC(=O)CCSSC[C@@H](C(=O)N3CCC[C@@H]3C(=O)N[C@H](CCCN=C(N)N)C(=O)NCC(N)=O)NC(=O)[C@H](CC(N)=O)NC(=O)[C@@H](CCC(N)=O)NC(=O)[C@H](Cc3ccccc3)NC2=O)cc1. The molecular weight excluding hydrogens is 1030 g/mol. The number of hydrogen-bond acceptors (Lipinski definition) is 15. The van der Waals surface area contributed by atoms with Gasteiger partial charge in [-0.2, -0.15) is 0 Å². The second kappa shape index (κ2) is 31.3. The van der Waals surface area contributed by atoms with E-state index < -0.39 is 133 Å². The lowest BCUT2D eigenvalue weighted by molar-refractivity contribution is -0.142. The first-order chi connectivity index (χ1) is 36.2. The summed E-state index contributed by atoms with van der Waals surface area (Å²) in [5, 5.41) is 18.1. The summed E-state index contributed by atoms with van der Waals surface area (Å²) in [6.07, 6.45) is -1.19. The summed E-state index contributed by atoms with van der Waals surface area (Å²) in [5.41, 5.74) is 28.3. The van der Waals surface area contributed by atoms with Gasteiger partial charge in [0.25, 0.3) is 0 Å². The van der Waals surface area contributed by atoms with Crippen molar-refractivity contribution in [1.29, 1.82) is 0 Å². The second-order valence-electron chi connectivity index (χ2n) is 17.8. The van der Waals surface area contributed by atoms with Crippen molar-refractivity contribution < 1.29 is 57.5 Å². The van der Waals surface area contributed by atoms with Crippen molar-refractivity contribution in [3.05, 3.63) is 65.7 Å². The van der Waals surface area contributed by atoms with Gasteiger partial charge < -0.3 is 75.5 Å². The molecule has 28 heteroatoms. The zero-order valence-corrected chi connectivity index (χ0v) is 43.7. The van der Waals surface area contributed by atoms with Crippen LogP contribution in [0.4, 0.5) is 0 Å². The molecule has 414 valence electrons. The number of rotatable bonds is 21. The average Bonchev–Trinajstić information content (AvgIpc) is 3.87. The number of nitrogens with two attached hydrogens (primary N) is 5. The van der Waals surface area contributed by atoms with E-state index in [-0.39, 0.29) is 69.1 Å². The van der Waals surface area contributed by atoms with Crippen LogP contribution in [0.2, 0.25) is 0 Å². The number of guanidine groups is 1. The molecule has 11 amide bonds. The van der Waals surface area contributed by atoms with Crippen molar-refractivity contribution in [3.8, 4) is 5.75 Å². The molecule has 2 aromatic rings. The van der Waals surface area contributed by atoms with Crippen molar-refractivity contribution in [3.63, 3.8) is 0 Å². The largest absolute Gasteiger partial charge is 0.494 e. The summed E-state index contributed by atoms with van der Waals surface area (Å²) in [6.45, 7) is 1.86. The average molecular weight is 1100 g/mol. The Morgan fingerprint density at radius 2 is 1.37 bits per heavy atom. The van der Waals surface area contributed by atoms with E-state index >= 15 is 0 Å². The molecule has 2 aliphatic heterocycles. The quantitative estimate of drug-likeness (QED) is 0.0248. The number of nitrogens with one attached hydrogen (secondary N) is 7. The first-order valence-electron chi connectivity index (χ1n) is 24.5. The number of amides is 11. The Kier molecular flexibility index (Phi) is 25.1. The van der Waals surface area contributed by atoms with E-state index in [1.807, 2.05) is 6.92 Å². The molecule has 0 spiro atoms. The molecule has 17 N–H and O–H groups in total. The fraction of sp³-hybridized carbons (Fsp3) is 0.500. The van der Waals surface area contributed by atoms with Gasteiger partial charge in [0.2, 0.25) is 65.0 Å². The second-order valence-corrected chi connectivity index (χ2v) is 20.4. The van der Waals surface area contributed by atoms with Crippen LogP contribution in [0.15, 0.2) is 59.6 Å². The van der Waals surface area contributed by atoms with Crippen LogP contribution in [-0.2, 0) is 65.6 Å². The maximum absolute atomic E-state index is 14.6. The highest BCUT2D eigenvalue weighted by Crippen LogP contribution is 2.26. The van der Waals surface area contributed by atoms with Gasteiger partial charge in [0.15, 0.2) is 5.96 Å². The highest BCUT2D eigenvalue weighted by Gasteiger charge is 2.40. The minimum absolute atomic E-state index is 0.0159. The predicted octanol–water partition coefficient (Wildman–Crippen LogP) is -3.65. The molecule has 7 atom stereocenters. The Morgan fingerprint density at radius 1 is 0.750 bits per heavy atom. The van der Waals surface area contributed by atoms with Gasteiger partial charge in [-0.05, 0) is 62.3 Å². The van der Waals surface area contributed by atoms with Crippen LogP contribution in [0.25, 0.3) is 0 Å². The maximum atomic E-state index is 14.6. The summed E-state index contributed by atoms with van der Waals surface area (Å²) >= 11 is 0. The van der Waals surface area contributed by atoms with Crippen molar-refractivity contribution in [2.45, 2.75) is 113 Å². The highest BCUT2D eigenvalue weighted by molar-refractivity contribution is 8.76. The van der Waals surface area contributed by atoms with E-state index in [4.69, 9.17) is 33.4 Å². The van der Waals surface area contributed by atoms with Gasteiger partial charge in [-0.15, -0.1) is 0 Å². The Labute approximate surface area is 446 Å².